The van der Waals surface area contributed by atoms with Crippen molar-refractivity contribution < 1.29 is 99.1 Å². The average Bonchev–Trinajstić information content (AvgIpc) is 1.53. The number of aliphatic hydroxyl groups is 1. The van der Waals surface area contributed by atoms with Crippen molar-refractivity contribution in [2.75, 3.05) is 152 Å². The smallest absolute Gasteiger partial charge is 0.343 e. The highest BCUT2D eigenvalue weighted by Crippen LogP contribution is 2.43. The minimum Gasteiger partial charge on any atom is -0.458 e. The van der Waals surface area contributed by atoms with E-state index < -0.39 is 94.3 Å². The first-order chi connectivity index (χ1) is 48.3. The number of aromatic nitrogens is 7. The van der Waals surface area contributed by atoms with Crippen molar-refractivity contribution in [2.24, 2.45) is 11.7 Å². The summed E-state index contributed by atoms with van der Waals surface area (Å²) in [7, 11) is -3.49. The van der Waals surface area contributed by atoms with Crippen LogP contribution in [0.5, 0.6) is 11.5 Å². The third-order valence-electron chi connectivity index (χ3n) is 15.9. The van der Waals surface area contributed by atoms with Gasteiger partial charge in [-0.25, -0.2) is 32.8 Å². The maximum absolute atomic E-state index is 14.0. The summed E-state index contributed by atoms with van der Waals surface area (Å²) >= 11 is 0. The molecule has 548 valence electrons. The molecule has 36 heteroatoms. The number of nitrogens with two attached hydrogens (primary N) is 1. The van der Waals surface area contributed by atoms with Crippen molar-refractivity contribution in [1.82, 2.24) is 61.1 Å². The first-order valence-electron chi connectivity index (χ1n) is 32.9. The third-order valence-corrected chi connectivity index (χ3v) is 16.8. The van der Waals surface area contributed by atoms with E-state index in [4.69, 9.17) is 67.6 Å². The molecular formula is C64H89N13O22S. The number of rotatable bonds is 47. The van der Waals surface area contributed by atoms with Crippen molar-refractivity contribution in [2.45, 2.75) is 95.5 Å². The fraction of sp³-hybridized carbons (Fsp3) is 0.594. The second kappa shape index (κ2) is 39.1. The van der Waals surface area contributed by atoms with Crippen LogP contribution in [0.15, 0.2) is 46.7 Å². The highest BCUT2D eigenvalue weighted by Gasteiger charge is 2.46. The van der Waals surface area contributed by atoms with E-state index in [0.29, 0.717) is 175 Å². The van der Waals surface area contributed by atoms with E-state index in [1.165, 1.54) is 17.0 Å². The Morgan fingerprint density at radius 3 is 1.91 bits per heavy atom. The van der Waals surface area contributed by atoms with Gasteiger partial charge in [0.1, 0.15) is 37.6 Å². The van der Waals surface area contributed by atoms with Crippen LogP contribution in [0.1, 0.15) is 68.7 Å². The number of nitrogens with one attached hydrogen (secondary N) is 5. The fourth-order valence-corrected chi connectivity index (χ4v) is 11.1. The number of amides is 5. The molecule has 0 fully saturated rings. The van der Waals surface area contributed by atoms with E-state index in [1.54, 1.807) is 49.8 Å². The van der Waals surface area contributed by atoms with Crippen LogP contribution >= 0.6 is 0 Å². The highest BCUT2D eigenvalue weighted by molar-refractivity contribution is 7.90. The van der Waals surface area contributed by atoms with Crippen molar-refractivity contribution >= 4 is 56.2 Å². The number of esters is 1. The third kappa shape index (κ3) is 22.4. The standard InChI is InChI=1S/C64H89N13O22S/c1-5-64(85)47-29-51-58-45(35-77(51)61(83)46(47)37-97-62(64)84)44(43-28-52-53(99-40-98-52)30-49(43)71-58)33-67-54(78)34-68-59(81)48(8-6-7-9-65)72-60(82)57(41(2)3)73-56(80)39-96-38-55(79)66-10-12-88-14-16-90-18-20-92-22-24-94-26-27-95-25-23-93-21-19-91-17-15-89-13-11-76-36-50(74-75-76)42-31-69-63(70-32-42)100(4,86)87/h28-32,36,41,48,57,85H,5-27,33-35,37-40,65H2,1-4H3,(H,66,79)(H,67,78)(H,68,81)(H,72,82)(H,73,80)/t48-,57-,64-/m0/s1. The molecule has 4 aromatic heterocycles. The molecule has 0 unspecified atom stereocenters. The van der Waals surface area contributed by atoms with Crippen molar-refractivity contribution in [3.63, 3.8) is 0 Å². The van der Waals surface area contributed by atoms with Crippen LogP contribution in [-0.4, -0.2) is 247 Å². The summed E-state index contributed by atoms with van der Waals surface area (Å²) in [5.74, 6) is -3.49. The Labute approximate surface area is 576 Å². The summed E-state index contributed by atoms with van der Waals surface area (Å²) in [5.41, 5.74) is 7.01. The van der Waals surface area contributed by atoms with Crippen LogP contribution in [0.3, 0.4) is 0 Å². The predicted molar refractivity (Wildman–Crippen MR) is 352 cm³/mol. The Hall–Kier alpha value is -8.27. The summed E-state index contributed by atoms with van der Waals surface area (Å²) in [4.78, 5) is 106. The van der Waals surface area contributed by atoms with Crippen molar-refractivity contribution in [1.29, 1.82) is 0 Å². The van der Waals surface area contributed by atoms with Crippen LogP contribution < -0.4 is 47.4 Å². The lowest BCUT2D eigenvalue weighted by Crippen LogP contribution is -2.56. The number of carbonyl (C=O) groups is 6. The number of fused-ring (bicyclic) bond motifs is 6. The van der Waals surface area contributed by atoms with Crippen LogP contribution in [0, 0.1) is 5.92 Å². The first kappa shape index (κ1) is 77.5. The van der Waals surface area contributed by atoms with Gasteiger partial charge < -0.3 is 98.8 Å². The molecule has 0 spiro atoms. The Bertz CT molecular complexity index is 3750. The molecule has 8 N–H and O–H groups in total. The zero-order valence-electron chi connectivity index (χ0n) is 56.5. The topological polar surface area (TPSA) is 445 Å². The Kier molecular flexibility index (Phi) is 30.3. The Balaban J connectivity index is 0.618. The molecule has 0 saturated heterocycles. The number of hydrogen-bond donors (Lipinski definition) is 7. The zero-order valence-corrected chi connectivity index (χ0v) is 57.4. The summed E-state index contributed by atoms with van der Waals surface area (Å²) in [6.07, 6.45) is 6.63. The Morgan fingerprint density at radius 2 is 1.31 bits per heavy atom. The lowest BCUT2D eigenvalue weighted by molar-refractivity contribution is -0.172. The molecular weight excluding hydrogens is 1330 g/mol. The van der Waals surface area contributed by atoms with Gasteiger partial charge in [-0.2, -0.15) is 0 Å². The lowest BCUT2D eigenvalue weighted by atomic mass is 9.86. The van der Waals surface area contributed by atoms with Gasteiger partial charge in [-0.1, -0.05) is 26.0 Å². The summed E-state index contributed by atoms with van der Waals surface area (Å²) < 4.78 is 92.3. The van der Waals surface area contributed by atoms with Crippen LogP contribution in [0.25, 0.3) is 33.5 Å². The van der Waals surface area contributed by atoms with Gasteiger partial charge in [0, 0.05) is 59.9 Å². The number of pyridine rings is 2. The van der Waals surface area contributed by atoms with Crippen molar-refractivity contribution in [3.05, 3.63) is 69.4 Å². The molecule has 8 rings (SSSR count). The van der Waals surface area contributed by atoms with Gasteiger partial charge in [0.25, 0.3) is 5.56 Å². The van der Waals surface area contributed by atoms with Gasteiger partial charge in [-0.3, -0.25) is 28.8 Å². The number of sulfone groups is 1. The fourth-order valence-electron chi connectivity index (χ4n) is 10.6. The first-order valence-corrected chi connectivity index (χ1v) is 34.8. The quantitative estimate of drug-likeness (QED) is 0.0133. The second-order valence-electron chi connectivity index (χ2n) is 23.5. The molecule has 3 aliphatic heterocycles. The summed E-state index contributed by atoms with van der Waals surface area (Å²) in [5, 5.41) is 33.3. The number of carbonyl (C=O) groups excluding carboxylic acids is 6. The van der Waals surface area contributed by atoms with Crippen LogP contribution in [-0.2, 0) is 118 Å². The molecule has 3 atom stereocenters. The van der Waals surface area contributed by atoms with Gasteiger partial charge in [-0.15, -0.1) is 5.10 Å². The molecule has 1 aromatic carbocycles. The highest BCUT2D eigenvalue weighted by atomic mass is 32.2. The maximum atomic E-state index is 14.0. The molecule has 5 amide bonds. The number of unbranched alkanes of at least 4 members (excludes halogenated alkanes) is 1. The van der Waals surface area contributed by atoms with E-state index in [0.717, 1.165) is 6.26 Å². The van der Waals surface area contributed by atoms with E-state index in [9.17, 15) is 47.1 Å². The normalized spacial score (nSPS) is 15.1. The zero-order chi connectivity index (χ0) is 71.4. The largest absolute Gasteiger partial charge is 0.458 e. The molecule has 0 aliphatic carbocycles. The number of cyclic esters (lactones) is 1. The van der Waals surface area contributed by atoms with Gasteiger partial charge in [0.05, 0.1) is 154 Å². The van der Waals surface area contributed by atoms with E-state index >= 15 is 0 Å². The van der Waals surface area contributed by atoms with Crippen LogP contribution in [0.4, 0.5) is 0 Å². The van der Waals surface area contributed by atoms with Gasteiger partial charge in [0.15, 0.2) is 17.1 Å². The number of ether oxygens (including phenoxy) is 12. The van der Waals surface area contributed by atoms with Crippen LogP contribution in [0.2, 0.25) is 0 Å². The average molecular weight is 1420 g/mol. The molecule has 3 aliphatic rings. The number of nitrogens with zero attached hydrogens (tertiary/aromatic N) is 7. The molecule has 100 heavy (non-hydrogen) atoms. The molecule has 0 saturated carbocycles. The maximum Gasteiger partial charge on any atom is 0.343 e. The van der Waals surface area contributed by atoms with Gasteiger partial charge in [-0.05, 0) is 55.8 Å². The van der Waals surface area contributed by atoms with Gasteiger partial charge in [0.2, 0.25) is 51.3 Å². The number of hydrogen-bond acceptors (Lipinski definition) is 28. The van der Waals surface area contributed by atoms with E-state index in [1.807, 2.05) is 0 Å². The van der Waals surface area contributed by atoms with Crippen molar-refractivity contribution in [3.8, 4) is 34.1 Å². The molecule has 35 nitrogen and oxygen atoms in total. The monoisotopic (exact) mass is 1420 g/mol. The van der Waals surface area contributed by atoms with Gasteiger partial charge >= 0.3 is 5.97 Å². The Morgan fingerprint density at radius 1 is 0.710 bits per heavy atom. The minimum atomic E-state index is -3.49. The summed E-state index contributed by atoms with van der Waals surface area (Å²) in [6, 6.07) is 2.79. The second-order valence-corrected chi connectivity index (χ2v) is 25.4. The van der Waals surface area contributed by atoms with E-state index in [2.05, 4.69) is 46.9 Å². The molecule has 0 radical (unpaired) electrons. The number of benzene rings is 1. The predicted octanol–water partition coefficient (Wildman–Crippen LogP) is -1.29. The SMILES string of the molecule is CC[C@@]1(O)C(=O)OCc2c1cc1n(c2=O)Cc2c-1nc1cc3c(cc1c2CNC(=O)CNC(=O)[C@H](CCCCN)NC(=O)[C@@H](NC(=O)COCC(=O)NCCOCCOCCOCCOCCOCCOCCOCCOCCn1cc(-c2cnc(S(C)(=O)=O)nc2)nn1)C(C)C)OCO3. The molecule has 5 aromatic rings. The summed E-state index contributed by atoms with van der Waals surface area (Å²) in [6.45, 7) is 10.1. The molecule has 0 bridgehead atoms. The minimum absolute atomic E-state index is 0.0159. The van der Waals surface area contributed by atoms with E-state index in [-0.39, 0.29) is 75.4 Å². The molecule has 7 heterocycles. The lowest BCUT2D eigenvalue weighted by Gasteiger charge is -2.31.